The summed E-state index contributed by atoms with van der Waals surface area (Å²) in [4.78, 5) is 4.03. The highest BCUT2D eigenvalue weighted by molar-refractivity contribution is 5.93. The summed E-state index contributed by atoms with van der Waals surface area (Å²) < 4.78 is 5.06. The summed E-state index contributed by atoms with van der Waals surface area (Å²) in [6.45, 7) is 11.0. The van der Waals surface area contributed by atoms with Gasteiger partial charge in [0.25, 0.3) is 0 Å². The monoisotopic (exact) mass is 168 g/mol. The second-order valence-corrected chi connectivity index (χ2v) is 2.34. The highest BCUT2D eigenvalue weighted by Gasteiger charge is 2.05. The van der Waals surface area contributed by atoms with Crippen LogP contribution in [0, 0.1) is 0 Å². The third-order valence-electron chi connectivity index (χ3n) is 1.12. The molecule has 1 heterocycles. The van der Waals surface area contributed by atoms with Crippen molar-refractivity contribution in [1.82, 2.24) is 0 Å². The number of hydrogen-bond acceptors (Lipinski definition) is 3. The normalized spacial score (nSPS) is 13.7. The topological polar surface area (TPSA) is 47.6 Å². The number of ether oxygens (including phenoxy) is 1. The Balaban J connectivity index is 0.000000261. The smallest absolute Gasteiger partial charge is 0.211 e. The minimum Gasteiger partial charge on any atom is -0.476 e. The van der Waals surface area contributed by atoms with E-state index in [1.807, 2.05) is 6.92 Å². The van der Waals surface area contributed by atoms with Gasteiger partial charge in [-0.15, -0.1) is 6.58 Å². The van der Waals surface area contributed by atoms with Gasteiger partial charge in [-0.05, 0) is 6.92 Å². The number of aliphatic imine (C=N–C) groups is 1. The quantitative estimate of drug-likeness (QED) is 0.628. The predicted octanol–water partition coefficient (Wildman–Crippen LogP) is 1.12. The fourth-order valence-electron chi connectivity index (χ4n) is 0.593. The number of rotatable bonds is 2. The first-order valence-electron chi connectivity index (χ1n) is 3.86. The maximum Gasteiger partial charge on any atom is 0.211 e. The molecule has 0 amide bonds. The molecular weight excluding hydrogens is 152 g/mol. The number of hydrogen-bond donors (Lipinski definition) is 1. The van der Waals surface area contributed by atoms with Gasteiger partial charge in [0.2, 0.25) is 5.90 Å². The maximum atomic E-state index is 5.06. The van der Waals surface area contributed by atoms with E-state index in [9.17, 15) is 0 Å². The van der Waals surface area contributed by atoms with Crippen LogP contribution in [0.4, 0.5) is 0 Å². The minimum atomic E-state index is 0.583. The molecule has 0 atom stereocenters. The largest absolute Gasteiger partial charge is 0.476 e. The molecule has 3 nitrogen and oxygen atoms in total. The third-order valence-corrected chi connectivity index (χ3v) is 1.12. The van der Waals surface area contributed by atoms with E-state index in [4.69, 9.17) is 10.5 Å². The molecule has 1 aliphatic heterocycles. The molecule has 0 spiro atoms. The van der Waals surface area contributed by atoms with Crippen molar-refractivity contribution in [1.29, 1.82) is 0 Å². The Hall–Kier alpha value is -1.09. The Labute approximate surface area is 73.6 Å². The van der Waals surface area contributed by atoms with Crippen molar-refractivity contribution in [3.8, 4) is 0 Å². The fraction of sp³-hybridized carbons (Fsp3) is 0.444. The molecule has 2 N–H and O–H groups in total. The fourth-order valence-corrected chi connectivity index (χ4v) is 0.593. The zero-order chi connectivity index (χ0) is 9.40. The summed E-state index contributed by atoms with van der Waals surface area (Å²) in [5, 5.41) is 0. The molecule has 0 aliphatic carbocycles. The lowest BCUT2D eigenvalue weighted by Gasteiger charge is -1.95. The molecule has 0 unspecified atom stereocenters. The van der Waals surface area contributed by atoms with Gasteiger partial charge in [-0.3, -0.25) is 0 Å². The van der Waals surface area contributed by atoms with Crippen LogP contribution in [-0.2, 0) is 4.74 Å². The molecule has 0 aromatic rings. The zero-order valence-electron chi connectivity index (χ0n) is 7.55. The van der Waals surface area contributed by atoms with Crippen LogP contribution in [0.2, 0.25) is 0 Å². The van der Waals surface area contributed by atoms with Crippen molar-refractivity contribution in [2.24, 2.45) is 10.7 Å². The van der Waals surface area contributed by atoms with Gasteiger partial charge in [0.1, 0.15) is 6.61 Å². The summed E-state index contributed by atoms with van der Waals surface area (Å²) in [7, 11) is 0. The highest BCUT2D eigenvalue weighted by atomic mass is 16.5. The van der Waals surface area contributed by atoms with Crippen LogP contribution in [0.25, 0.3) is 0 Å². The lowest BCUT2D eigenvalue weighted by molar-refractivity contribution is 0.347. The molecule has 1 rings (SSSR count). The Kier molecular flexibility index (Phi) is 6.01. The van der Waals surface area contributed by atoms with E-state index < -0.39 is 0 Å². The van der Waals surface area contributed by atoms with Crippen molar-refractivity contribution in [2.45, 2.75) is 6.92 Å². The molecule has 3 heteroatoms. The van der Waals surface area contributed by atoms with Crippen molar-refractivity contribution < 1.29 is 4.74 Å². The molecule has 0 aromatic heterocycles. The van der Waals surface area contributed by atoms with Gasteiger partial charge < -0.3 is 10.5 Å². The molecule has 0 saturated carbocycles. The average Bonchev–Trinajstić information content (AvgIpc) is 2.57. The van der Waals surface area contributed by atoms with E-state index >= 15 is 0 Å². The van der Waals surface area contributed by atoms with E-state index in [0.29, 0.717) is 6.54 Å². The van der Waals surface area contributed by atoms with Gasteiger partial charge in [-0.1, -0.05) is 12.7 Å². The molecule has 0 aromatic carbocycles. The van der Waals surface area contributed by atoms with Crippen LogP contribution in [0.5, 0.6) is 0 Å². The van der Waals surface area contributed by atoms with E-state index in [0.717, 1.165) is 24.6 Å². The predicted molar refractivity (Wildman–Crippen MR) is 52.3 cm³/mol. The SMILES string of the molecule is C=C(C)C1=NCCO1.C=CCN. The summed E-state index contributed by atoms with van der Waals surface area (Å²) >= 11 is 0. The van der Waals surface area contributed by atoms with Crippen LogP contribution >= 0.6 is 0 Å². The van der Waals surface area contributed by atoms with Gasteiger partial charge >= 0.3 is 0 Å². The molecule has 0 fully saturated rings. The second kappa shape index (κ2) is 6.61. The standard InChI is InChI=1S/C6H9NO.C3H7N/c1-5(2)6-7-3-4-8-6;1-2-3-4/h1,3-4H2,2H3;2H,1,3-4H2. The van der Waals surface area contributed by atoms with Gasteiger partial charge in [0.15, 0.2) is 0 Å². The second-order valence-electron chi connectivity index (χ2n) is 2.34. The minimum absolute atomic E-state index is 0.583. The molecule has 0 bridgehead atoms. The van der Waals surface area contributed by atoms with Crippen LogP contribution in [-0.4, -0.2) is 25.6 Å². The third kappa shape index (κ3) is 4.68. The lowest BCUT2D eigenvalue weighted by Crippen LogP contribution is -1.97. The Bertz CT molecular complexity index is 185. The summed E-state index contributed by atoms with van der Waals surface area (Å²) in [6.07, 6.45) is 1.65. The first kappa shape index (κ1) is 10.9. The van der Waals surface area contributed by atoms with Crippen LogP contribution in [0.1, 0.15) is 6.92 Å². The van der Waals surface area contributed by atoms with Gasteiger partial charge in [-0.2, -0.15) is 0 Å². The Morgan fingerprint density at radius 1 is 1.83 bits per heavy atom. The summed E-state index contributed by atoms with van der Waals surface area (Å²) in [6, 6.07) is 0. The van der Waals surface area contributed by atoms with Crippen LogP contribution in [0.15, 0.2) is 29.8 Å². The van der Waals surface area contributed by atoms with Crippen molar-refractivity contribution in [3.63, 3.8) is 0 Å². The number of nitrogens with two attached hydrogens (primary N) is 1. The first-order valence-corrected chi connectivity index (χ1v) is 3.86. The van der Waals surface area contributed by atoms with Crippen molar-refractivity contribution in [2.75, 3.05) is 19.7 Å². The lowest BCUT2D eigenvalue weighted by atomic mass is 10.4. The van der Waals surface area contributed by atoms with E-state index in [1.54, 1.807) is 6.08 Å². The molecular formula is C9H16N2O. The highest BCUT2D eigenvalue weighted by Crippen LogP contribution is 2.00. The van der Waals surface area contributed by atoms with Crippen molar-refractivity contribution in [3.05, 3.63) is 24.8 Å². The molecule has 12 heavy (non-hydrogen) atoms. The van der Waals surface area contributed by atoms with Crippen LogP contribution < -0.4 is 5.73 Å². The Morgan fingerprint density at radius 3 is 2.58 bits per heavy atom. The van der Waals surface area contributed by atoms with Gasteiger partial charge in [0.05, 0.1) is 6.54 Å². The van der Waals surface area contributed by atoms with Gasteiger partial charge in [-0.25, -0.2) is 4.99 Å². The van der Waals surface area contributed by atoms with Crippen molar-refractivity contribution >= 4 is 5.90 Å². The summed E-state index contributed by atoms with van der Waals surface area (Å²) in [5.74, 6) is 0.727. The summed E-state index contributed by atoms with van der Waals surface area (Å²) in [5.41, 5.74) is 5.83. The Morgan fingerprint density at radius 2 is 2.42 bits per heavy atom. The molecule has 1 aliphatic rings. The van der Waals surface area contributed by atoms with E-state index in [2.05, 4.69) is 18.2 Å². The van der Waals surface area contributed by atoms with E-state index in [1.165, 1.54) is 0 Å². The maximum absolute atomic E-state index is 5.06. The molecule has 0 saturated heterocycles. The number of nitrogens with zero attached hydrogens (tertiary/aromatic N) is 1. The molecule has 0 radical (unpaired) electrons. The zero-order valence-corrected chi connectivity index (χ0v) is 7.55. The first-order chi connectivity index (χ1) is 5.72. The van der Waals surface area contributed by atoms with Crippen LogP contribution in [0.3, 0.4) is 0 Å². The van der Waals surface area contributed by atoms with E-state index in [-0.39, 0.29) is 0 Å². The van der Waals surface area contributed by atoms with Gasteiger partial charge in [0, 0.05) is 12.1 Å². The molecule has 68 valence electrons. The average molecular weight is 168 g/mol.